The molecular formula is C20H28N2O6P2. The molecule has 3 rings (SSSR count). The first-order chi connectivity index (χ1) is 14.4. The highest BCUT2D eigenvalue weighted by Gasteiger charge is 2.38. The second-order valence-electron chi connectivity index (χ2n) is 6.53. The number of fused-ring (bicyclic) bond motifs is 4. The van der Waals surface area contributed by atoms with Crippen LogP contribution in [0.3, 0.4) is 0 Å². The lowest BCUT2D eigenvalue weighted by atomic mass is 10.3. The van der Waals surface area contributed by atoms with E-state index in [9.17, 15) is 9.13 Å². The quantitative estimate of drug-likeness (QED) is 0.506. The molecule has 1 heterocycles. The Kier molecular flexibility index (Phi) is 7.14. The van der Waals surface area contributed by atoms with Crippen LogP contribution in [0.1, 0.15) is 27.7 Å². The van der Waals surface area contributed by atoms with Crippen LogP contribution in [-0.4, -0.2) is 35.5 Å². The minimum absolute atomic E-state index is 0.283. The van der Waals surface area contributed by atoms with E-state index in [-0.39, 0.29) is 23.0 Å². The first kappa shape index (κ1) is 22.7. The van der Waals surface area contributed by atoms with Crippen LogP contribution in [0.5, 0.6) is 23.0 Å². The molecule has 0 aliphatic carbocycles. The number of rotatable bonds is 6. The number of hydrogen-bond donors (Lipinski definition) is 0. The normalized spacial score (nSPS) is 23.4. The third-order valence-electron chi connectivity index (χ3n) is 4.65. The molecule has 8 nitrogen and oxygen atoms in total. The molecule has 0 saturated carbocycles. The molecule has 0 amide bonds. The molecule has 30 heavy (non-hydrogen) atoms. The zero-order chi connectivity index (χ0) is 21.8. The summed E-state index contributed by atoms with van der Waals surface area (Å²) in [7, 11) is -7.44. The van der Waals surface area contributed by atoms with Gasteiger partial charge in [-0.3, -0.25) is 0 Å². The monoisotopic (exact) mass is 454 g/mol. The van der Waals surface area contributed by atoms with E-state index in [4.69, 9.17) is 18.1 Å². The first-order valence-electron chi connectivity index (χ1n) is 10.0. The van der Waals surface area contributed by atoms with Crippen molar-refractivity contribution in [2.75, 3.05) is 26.2 Å². The van der Waals surface area contributed by atoms with E-state index < -0.39 is 15.5 Å². The second kappa shape index (κ2) is 9.44. The van der Waals surface area contributed by atoms with Crippen molar-refractivity contribution < 1.29 is 27.2 Å². The molecular weight excluding hydrogens is 426 g/mol. The summed E-state index contributed by atoms with van der Waals surface area (Å²) >= 11 is 0. The highest BCUT2D eigenvalue weighted by molar-refractivity contribution is 7.52. The Morgan fingerprint density at radius 3 is 1.10 bits per heavy atom. The van der Waals surface area contributed by atoms with Gasteiger partial charge in [0.1, 0.15) is 23.0 Å². The maximum absolute atomic E-state index is 13.7. The first-order valence-corrected chi connectivity index (χ1v) is 13.0. The van der Waals surface area contributed by atoms with E-state index in [2.05, 4.69) is 0 Å². The topological polar surface area (TPSA) is 77.5 Å². The van der Waals surface area contributed by atoms with Crippen LogP contribution in [0, 0.1) is 0 Å². The maximum Gasteiger partial charge on any atom is 0.515 e. The smallest absolute Gasteiger partial charge is 0.404 e. The zero-order valence-electron chi connectivity index (χ0n) is 17.7. The van der Waals surface area contributed by atoms with Gasteiger partial charge in [-0.1, -0.05) is 39.8 Å². The Morgan fingerprint density at radius 2 is 0.867 bits per heavy atom. The van der Waals surface area contributed by atoms with Gasteiger partial charge in [-0.25, -0.2) is 9.13 Å². The van der Waals surface area contributed by atoms with Gasteiger partial charge >= 0.3 is 15.5 Å². The van der Waals surface area contributed by atoms with Gasteiger partial charge in [0.25, 0.3) is 0 Å². The largest absolute Gasteiger partial charge is 0.515 e. The molecule has 0 fully saturated rings. The van der Waals surface area contributed by atoms with Gasteiger partial charge in [-0.2, -0.15) is 9.34 Å². The van der Waals surface area contributed by atoms with E-state index in [0.29, 0.717) is 26.2 Å². The van der Waals surface area contributed by atoms with Gasteiger partial charge < -0.3 is 18.1 Å². The number of nitrogens with zero attached hydrogens (tertiary/aromatic N) is 2. The van der Waals surface area contributed by atoms with Crippen LogP contribution < -0.4 is 18.1 Å². The number of benzene rings is 2. The average Bonchev–Trinajstić information content (AvgIpc) is 2.69. The lowest BCUT2D eigenvalue weighted by Gasteiger charge is -2.31. The molecule has 0 N–H and O–H groups in total. The predicted octanol–water partition coefficient (Wildman–Crippen LogP) is 5.82. The van der Waals surface area contributed by atoms with Crippen LogP contribution in [0.4, 0.5) is 0 Å². The number of hydrogen-bond acceptors (Lipinski definition) is 6. The molecule has 1 aliphatic rings. The summed E-state index contributed by atoms with van der Waals surface area (Å²) in [5, 5.41) is 0. The molecule has 0 unspecified atom stereocenters. The Morgan fingerprint density at radius 1 is 0.600 bits per heavy atom. The van der Waals surface area contributed by atoms with Crippen molar-refractivity contribution in [3.8, 4) is 23.0 Å². The fraction of sp³-hybridized carbons (Fsp3) is 0.400. The van der Waals surface area contributed by atoms with Crippen molar-refractivity contribution in [1.29, 1.82) is 0 Å². The summed E-state index contributed by atoms with van der Waals surface area (Å²) in [6, 6.07) is 13.0. The van der Waals surface area contributed by atoms with Crippen LogP contribution in [0.25, 0.3) is 0 Å². The highest BCUT2D eigenvalue weighted by atomic mass is 31.2. The molecule has 10 heteroatoms. The van der Waals surface area contributed by atoms with Gasteiger partial charge in [-0.05, 0) is 24.3 Å². The molecule has 4 bridgehead atoms. The summed E-state index contributed by atoms with van der Waals surface area (Å²) in [6.45, 7) is 9.40. The Bertz CT molecular complexity index is 834. The third kappa shape index (κ3) is 4.84. The minimum atomic E-state index is -3.72. The predicted molar refractivity (Wildman–Crippen MR) is 116 cm³/mol. The molecule has 0 spiro atoms. The fourth-order valence-corrected chi connectivity index (χ4v) is 6.56. The second-order valence-corrected chi connectivity index (χ2v) is 10.3. The van der Waals surface area contributed by atoms with Crippen molar-refractivity contribution in [3.05, 3.63) is 48.5 Å². The van der Waals surface area contributed by atoms with E-state index in [1.165, 1.54) is 12.1 Å². The lowest BCUT2D eigenvalue weighted by molar-refractivity contribution is 0.287. The lowest BCUT2D eigenvalue weighted by Crippen LogP contribution is -2.26. The molecule has 2 aromatic rings. The van der Waals surface area contributed by atoms with Crippen LogP contribution in [0.2, 0.25) is 0 Å². The highest BCUT2D eigenvalue weighted by Crippen LogP contribution is 2.56. The minimum Gasteiger partial charge on any atom is -0.404 e. The van der Waals surface area contributed by atoms with Crippen LogP contribution in [-0.2, 0) is 9.13 Å². The van der Waals surface area contributed by atoms with E-state index in [1.54, 1.807) is 45.7 Å². The maximum atomic E-state index is 13.7. The van der Waals surface area contributed by atoms with Crippen molar-refractivity contribution in [1.82, 2.24) is 9.34 Å². The molecule has 0 radical (unpaired) electrons. The van der Waals surface area contributed by atoms with Crippen molar-refractivity contribution in [2.45, 2.75) is 27.7 Å². The average molecular weight is 454 g/mol. The summed E-state index contributed by atoms with van der Waals surface area (Å²) in [4.78, 5) is 0. The zero-order valence-corrected chi connectivity index (χ0v) is 19.5. The Labute approximate surface area is 177 Å². The van der Waals surface area contributed by atoms with Gasteiger partial charge in [0.05, 0.1) is 0 Å². The fourth-order valence-electron chi connectivity index (χ4n) is 3.12. The van der Waals surface area contributed by atoms with Gasteiger partial charge in [0, 0.05) is 38.3 Å². The third-order valence-corrected chi connectivity index (χ3v) is 8.93. The molecule has 1 aliphatic heterocycles. The summed E-state index contributed by atoms with van der Waals surface area (Å²) in [6.07, 6.45) is 0. The van der Waals surface area contributed by atoms with E-state index in [1.807, 2.05) is 27.7 Å². The van der Waals surface area contributed by atoms with Gasteiger partial charge in [-0.15, -0.1) is 0 Å². The van der Waals surface area contributed by atoms with Gasteiger partial charge in [0.15, 0.2) is 0 Å². The Balaban J connectivity index is 2.13. The van der Waals surface area contributed by atoms with Crippen LogP contribution >= 0.6 is 15.5 Å². The van der Waals surface area contributed by atoms with Crippen molar-refractivity contribution in [3.63, 3.8) is 0 Å². The standard InChI is InChI=1S/C20H28N2O6P2/c1-5-21(6-2)29(23)25-17-11-9-13-19(15-17)27-30(24,22(7-3)8-4)28-20-14-10-12-18(16-20)26-29/h9-16H,5-8H2,1-4H3. The summed E-state index contributed by atoms with van der Waals surface area (Å²) < 4.78 is 54.2. The SMILES string of the molecule is CCN(CC)P1(=O)Oc2cccc(c2)OP(=O)(N(CC)CC)Oc2cccc(c2)O1. The molecule has 0 aromatic heterocycles. The van der Waals surface area contributed by atoms with Crippen molar-refractivity contribution >= 4 is 15.5 Å². The van der Waals surface area contributed by atoms with E-state index in [0.717, 1.165) is 0 Å². The van der Waals surface area contributed by atoms with Crippen molar-refractivity contribution in [2.24, 2.45) is 0 Å². The molecule has 0 atom stereocenters. The molecule has 164 valence electrons. The van der Waals surface area contributed by atoms with Gasteiger partial charge in [0.2, 0.25) is 0 Å². The summed E-state index contributed by atoms with van der Waals surface area (Å²) in [5.74, 6) is 1.13. The summed E-state index contributed by atoms with van der Waals surface area (Å²) in [5.41, 5.74) is 0. The molecule has 2 aromatic carbocycles. The van der Waals surface area contributed by atoms with E-state index >= 15 is 0 Å². The van der Waals surface area contributed by atoms with Crippen LogP contribution in [0.15, 0.2) is 48.5 Å². The Hall–Kier alpha value is -1.98. The molecule has 0 saturated heterocycles.